The van der Waals surface area contributed by atoms with Gasteiger partial charge in [0.15, 0.2) is 17.9 Å². The zero-order valence-electron chi connectivity index (χ0n) is 28.6. The number of esters is 2. The van der Waals surface area contributed by atoms with Crippen LogP contribution in [0.5, 0.6) is 0 Å². The minimum absolute atomic E-state index is 0.0504. The zero-order valence-corrected chi connectivity index (χ0v) is 29.4. The molecule has 1 aromatic rings. The van der Waals surface area contributed by atoms with E-state index in [4.69, 9.17) is 14.3 Å². The van der Waals surface area contributed by atoms with Crippen LogP contribution < -0.4 is 0 Å². The Balaban J connectivity index is 1.38. The summed E-state index contributed by atoms with van der Waals surface area (Å²) in [7, 11) is 0. The van der Waals surface area contributed by atoms with E-state index in [1.54, 1.807) is 31.3 Å². The SMILES string of the molecule is CCCc1ccc(CCO/N=C2\C=C[C@@]3(C)C(=C2)CC[C@H]2[C@@H]4C[C@H](C)[C@](OC(=O)CC)(C(=O)COC(=O)CC)[C@@]4(C)C[C@H](O)[C@@]23F)s1. The molecule has 1 aromatic heterocycles. The van der Waals surface area contributed by atoms with Gasteiger partial charge in [-0.25, -0.2) is 4.39 Å². The van der Waals surface area contributed by atoms with Gasteiger partial charge in [0.25, 0.3) is 0 Å². The van der Waals surface area contributed by atoms with E-state index in [1.807, 2.05) is 32.9 Å². The number of aliphatic hydroxyl groups excluding tert-OH is 1. The largest absolute Gasteiger partial charge is 0.457 e. The van der Waals surface area contributed by atoms with Crippen LogP contribution in [0.25, 0.3) is 0 Å². The number of nitrogens with zero attached hydrogens (tertiary/aromatic N) is 1. The lowest BCUT2D eigenvalue weighted by Gasteiger charge is -2.62. The van der Waals surface area contributed by atoms with Gasteiger partial charge in [-0.3, -0.25) is 14.4 Å². The molecule has 1 N–H and O–H groups in total. The average molecular weight is 672 g/mol. The van der Waals surface area contributed by atoms with Crippen molar-refractivity contribution in [2.75, 3.05) is 13.2 Å². The average Bonchev–Trinajstić information content (AvgIpc) is 3.58. The quantitative estimate of drug-likeness (QED) is 0.147. The van der Waals surface area contributed by atoms with E-state index in [0.717, 1.165) is 24.8 Å². The second kappa shape index (κ2) is 13.6. The first kappa shape index (κ1) is 35.5. The van der Waals surface area contributed by atoms with Crippen LogP contribution in [0.2, 0.25) is 0 Å². The van der Waals surface area contributed by atoms with Gasteiger partial charge in [0.1, 0.15) is 12.3 Å². The minimum atomic E-state index is -2.03. The third-order valence-corrected chi connectivity index (χ3v) is 12.9. The minimum Gasteiger partial charge on any atom is -0.457 e. The molecule has 4 aliphatic carbocycles. The normalized spacial score (nSPS) is 36.6. The lowest BCUT2D eigenvalue weighted by molar-refractivity contribution is -0.228. The fraction of sp³-hybridized carbons (Fsp3) is 0.676. The molecule has 4 aliphatic rings. The maximum Gasteiger partial charge on any atom is 0.306 e. The number of hydrogen-bond acceptors (Lipinski definition) is 9. The summed E-state index contributed by atoms with van der Waals surface area (Å²) < 4.78 is 29.3. The molecule has 0 unspecified atom stereocenters. The fourth-order valence-electron chi connectivity index (χ4n) is 9.28. The number of oxime groups is 1. The molecule has 5 rings (SSSR count). The van der Waals surface area contributed by atoms with Crippen LogP contribution in [-0.2, 0) is 41.5 Å². The second-order valence-electron chi connectivity index (χ2n) is 14.2. The van der Waals surface area contributed by atoms with Gasteiger partial charge in [-0.2, -0.15) is 0 Å². The van der Waals surface area contributed by atoms with E-state index in [1.165, 1.54) is 9.75 Å². The lowest BCUT2D eigenvalue weighted by atomic mass is 9.44. The molecule has 258 valence electrons. The highest BCUT2D eigenvalue weighted by Crippen LogP contribution is 2.71. The number of fused-ring (bicyclic) bond motifs is 5. The molecule has 47 heavy (non-hydrogen) atoms. The second-order valence-corrected chi connectivity index (χ2v) is 15.5. The van der Waals surface area contributed by atoms with Crippen molar-refractivity contribution in [1.82, 2.24) is 0 Å². The van der Waals surface area contributed by atoms with E-state index >= 15 is 4.39 Å². The van der Waals surface area contributed by atoms with Crippen molar-refractivity contribution in [3.05, 3.63) is 45.7 Å². The monoisotopic (exact) mass is 671 g/mol. The number of thiophene rings is 1. The molecule has 1 heterocycles. The van der Waals surface area contributed by atoms with Gasteiger partial charge >= 0.3 is 11.9 Å². The molecule has 8 atom stereocenters. The van der Waals surface area contributed by atoms with Crippen molar-refractivity contribution in [1.29, 1.82) is 0 Å². The maximum atomic E-state index is 18.0. The molecular formula is C37H50FNO7S. The first-order chi connectivity index (χ1) is 22.3. The van der Waals surface area contributed by atoms with Gasteiger partial charge < -0.3 is 19.4 Å². The molecule has 0 radical (unpaired) electrons. The molecule has 3 saturated carbocycles. The molecule has 0 saturated heterocycles. The lowest BCUT2D eigenvalue weighted by Crippen LogP contribution is -2.70. The van der Waals surface area contributed by atoms with E-state index in [2.05, 4.69) is 24.2 Å². The number of hydrogen-bond donors (Lipinski definition) is 1. The highest BCUT2D eigenvalue weighted by atomic mass is 32.1. The van der Waals surface area contributed by atoms with Gasteiger partial charge in [0.05, 0.1) is 6.10 Å². The van der Waals surface area contributed by atoms with Crippen molar-refractivity contribution >= 4 is 34.8 Å². The molecule has 3 fully saturated rings. The summed E-state index contributed by atoms with van der Waals surface area (Å²) in [4.78, 5) is 47.2. The number of carbonyl (C=O) groups excluding carboxylic acids is 3. The number of aliphatic hydroxyl groups is 1. The molecule has 0 spiro atoms. The number of alkyl halides is 1. The highest BCUT2D eigenvalue weighted by molar-refractivity contribution is 7.12. The van der Waals surface area contributed by atoms with Crippen molar-refractivity contribution in [3.63, 3.8) is 0 Å². The van der Waals surface area contributed by atoms with Gasteiger partial charge in [-0.15, -0.1) is 11.3 Å². The Hall–Kier alpha value is -2.85. The van der Waals surface area contributed by atoms with Crippen LogP contribution in [0.15, 0.2) is 41.1 Å². The Morgan fingerprint density at radius 3 is 2.45 bits per heavy atom. The highest BCUT2D eigenvalue weighted by Gasteiger charge is 2.77. The number of halogens is 1. The van der Waals surface area contributed by atoms with Crippen LogP contribution >= 0.6 is 11.3 Å². The summed E-state index contributed by atoms with van der Waals surface area (Å²) in [6.45, 7) is 10.9. The van der Waals surface area contributed by atoms with Crippen molar-refractivity contribution < 1.29 is 38.2 Å². The maximum absolute atomic E-state index is 18.0. The third-order valence-electron chi connectivity index (χ3n) is 11.6. The molecule has 0 amide bonds. The number of carbonyl (C=O) groups is 3. The third kappa shape index (κ3) is 5.81. The number of ether oxygens (including phenoxy) is 2. The number of aryl methyl sites for hydroxylation is 1. The Morgan fingerprint density at radius 1 is 1.06 bits per heavy atom. The number of allylic oxidation sites excluding steroid dienone is 4. The van der Waals surface area contributed by atoms with Gasteiger partial charge in [0, 0.05) is 51.7 Å². The van der Waals surface area contributed by atoms with Crippen LogP contribution in [0.4, 0.5) is 4.39 Å². The Morgan fingerprint density at radius 2 is 1.77 bits per heavy atom. The smallest absolute Gasteiger partial charge is 0.306 e. The molecule has 8 nitrogen and oxygen atoms in total. The Labute approximate surface area is 281 Å². The summed E-state index contributed by atoms with van der Waals surface area (Å²) in [6.07, 6.45) is 8.55. The van der Waals surface area contributed by atoms with Crippen LogP contribution in [-0.4, -0.2) is 59.1 Å². The molecule has 0 bridgehead atoms. The summed E-state index contributed by atoms with van der Waals surface area (Å²) in [5, 5.41) is 16.2. The molecule has 0 aromatic carbocycles. The standard InChI is InChI=1S/C37H50FNO7S/c1-7-10-26-12-13-27(47-26)16-18-45-39-25-15-17-34(5)24(20-25)11-14-28-29-19-23(4)37(46-33(43)9-3,31(41)22-44-32(42)8-2)35(29,6)21-30(40)36(28,34)38/h12-13,15,17,20,23,28-30,40H,7-11,14,16,18-19,21-22H2,1-6H3/b39-25+/t23-,28-,29-,30-,34-,35-,36-,37-/m0/s1. The van der Waals surface area contributed by atoms with Gasteiger partial charge in [0.2, 0.25) is 5.78 Å². The summed E-state index contributed by atoms with van der Waals surface area (Å²) >= 11 is 1.80. The first-order valence-corrected chi connectivity index (χ1v) is 18.1. The summed E-state index contributed by atoms with van der Waals surface area (Å²) in [5.41, 5.74) is -4.39. The van der Waals surface area contributed by atoms with Gasteiger partial charge in [-0.05, 0) is 69.2 Å². The van der Waals surface area contributed by atoms with E-state index in [0.29, 0.717) is 31.6 Å². The van der Waals surface area contributed by atoms with Crippen LogP contribution in [0.1, 0.15) is 96.2 Å². The molecule has 0 aliphatic heterocycles. The van der Waals surface area contributed by atoms with Crippen LogP contribution in [0, 0.1) is 28.6 Å². The number of ketones is 1. The van der Waals surface area contributed by atoms with E-state index < -0.39 is 64.4 Å². The number of Topliss-reactive ketones (excluding diaryl/α,β-unsaturated/α-hetero) is 1. The molecular weight excluding hydrogens is 621 g/mol. The number of rotatable bonds is 12. The fourth-order valence-corrected chi connectivity index (χ4v) is 10.4. The first-order valence-electron chi connectivity index (χ1n) is 17.3. The van der Waals surface area contributed by atoms with Crippen molar-refractivity contribution in [2.45, 2.75) is 117 Å². The van der Waals surface area contributed by atoms with Crippen molar-refractivity contribution in [2.24, 2.45) is 33.7 Å². The van der Waals surface area contributed by atoms with E-state index in [-0.39, 0.29) is 25.2 Å². The van der Waals surface area contributed by atoms with Crippen molar-refractivity contribution in [3.8, 4) is 0 Å². The zero-order chi connectivity index (χ0) is 34.2. The predicted molar refractivity (Wildman–Crippen MR) is 179 cm³/mol. The van der Waals surface area contributed by atoms with Gasteiger partial charge in [-0.1, -0.05) is 57.8 Å². The summed E-state index contributed by atoms with van der Waals surface area (Å²) in [5.74, 6) is -3.03. The summed E-state index contributed by atoms with van der Waals surface area (Å²) in [6, 6.07) is 4.31. The predicted octanol–water partition coefficient (Wildman–Crippen LogP) is 6.88. The topological polar surface area (TPSA) is 111 Å². The Kier molecular flexibility index (Phi) is 10.2. The van der Waals surface area contributed by atoms with Crippen LogP contribution in [0.3, 0.4) is 0 Å². The Bertz CT molecular complexity index is 1470. The molecule has 10 heteroatoms. The van der Waals surface area contributed by atoms with E-state index in [9.17, 15) is 19.5 Å².